The van der Waals surface area contributed by atoms with Crippen LogP contribution < -0.4 is 4.74 Å². The van der Waals surface area contributed by atoms with E-state index in [-0.39, 0.29) is 50.5 Å². The van der Waals surface area contributed by atoms with Crippen molar-refractivity contribution in [2.45, 2.75) is 13.5 Å². The number of piperazine rings is 1. The summed E-state index contributed by atoms with van der Waals surface area (Å²) in [6, 6.07) is 3.41. The number of carbonyl (C=O) groups is 3. The largest absolute Gasteiger partial charge is 0.476 e. The average Bonchev–Trinajstić information content (AvgIpc) is 3.37. The summed E-state index contributed by atoms with van der Waals surface area (Å²) in [5, 5.41) is 2.89. The molecule has 9 nitrogen and oxygen atoms in total. The molecule has 2 aromatic rings. The van der Waals surface area contributed by atoms with Crippen LogP contribution in [0.1, 0.15) is 22.4 Å². The molecule has 0 saturated carbocycles. The number of hydrogen-bond donors (Lipinski definition) is 0. The second-order valence-corrected chi connectivity index (χ2v) is 9.20. The molecule has 0 bridgehead atoms. The lowest BCUT2D eigenvalue weighted by Crippen LogP contribution is -2.50. The molecule has 0 radical (unpaired) electrons. The number of ketones is 1. The molecular weight excluding hydrogens is 466 g/mol. The van der Waals surface area contributed by atoms with Crippen molar-refractivity contribution in [3.05, 3.63) is 32.6 Å². The lowest BCUT2D eigenvalue weighted by atomic mass is 10.3. The number of hydrogen-bond acceptors (Lipinski definition) is 10. The number of thiazole rings is 1. The van der Waals surface area contributed by atoms with Crippen LogP contribution in [-0.4, -0.2) is 78.6 Å². The Labute approximate surface area is 192 Å². The molecule has 0 spiro atoms. The summed E-state index contributed by atoms with van der Waals surface area (Å²) in [6.45, 7) is 3.67. The highest BCUT2D eigenvalue weighted by atomic mass is 35.5. The third kappa shape index (κ3) is 7.25. The fraction of sp³-hybridized carbons (Fsp3) is 0.474. The maximum Gasteiger partial charge on any atom is 0.357 e. The Morgan fingerprint density at radius 3 is 2.81 bits per heavy atom. The fourth-order valence-corrected chi connectivity index (χ4v) is 4.39. The van der Waals surface area contributed by atoms with Crippen LogP contribution in [-0.2, 0) is 25.6 Å². The van der Waals surface area contributed by atoms with E-state index in [9.17, 15) is 14.4 Å². The number of aromatic nitrogens is 1. The number of rotatable bonds is 11. The number of esters is 1. The zero-order chi connectivity index (χ0) is 22.2. The maximum absolute atomic E-state index is 12.4. The number of carbonyl (C=O) groups excluding carboxylic acids is 3. The minimum Gasteiger partial charge on any atom is -0.476 e. The Balaban J connectivity index is 1.35. The van der Waals surface area contributed by atoms with Gasteiger partial charge in [-0.25, -0.2) is 9.78 Å². The van der Waals surface area contributed by atoms with Gasteiger partial charge in [-0.2, -0.15) is 0 Å². The zero-order valence-electron chi connectivity index (χ0n) is 16.9. The van der Waals surface area contributed by atoms with Crippen molar-refractivity contribution in [3.8, 4) is 5.06 Å². The van der Waals surface area contributed by atoms with Crippen LogP contribution in [0, 0.1) is 0 Å². The first-order valence-corrected chi connectivity index (χ1v) is 11.6. The topological polar surface area (TPSA) is 98.3 Å². The first kappa shape index (κ1) is 23.6. The molecule has 1 saturated heterocycles. The van der Waals surface area contributed by atoms with Gasteiger partial charge in [0.1, 0.15) is 25.0 Å². The number of Topliss-reactive ketones (excluding diaryl/α,β-unsaturated/α-hetero) is 1. The van der Waals surface area contributed by atoms with Gasteiger partial charge in [0, 0.05) is 18.5 Å². The molecule has 0 N–H and O–H groups in total. The van der Waals surface area contributed by atoms with Gasteiger partial charge in [-0.05, 0) is 19.1 Å². The van der Waals surface area contributed by atoms with Crippen LogP contribution in [0.2, 0.25) is 4.34 Å². The summed E-state index contributed by atoms with van der Waals surface area (Å²) in [7, 11) is 0. The van der Waals surface area contributed by atoms with E-state index >= 15 is 0 Å². The molecule has 1 fully saturated rings. The highest BCUT2D eigenvalue weighted by molar-refractivity contribution is 7.17. The van der Waals surface area contributed by atoms with E-state index in [1.165, 1.54) is 22.7 Å². The van der Waals surface area contributed by atoms with Crippen LogP contribution in [0.5, 0.6) is 5.06 Å². The van der Waals surface area contributed by atoms with Crippen LogP contribution >= 0.6 is 34.3 Å². The van der Waals surface area contributed by atoms with E-state index in [1.54, 1.807) is 29.3 Å². The highest BCUT2D eigenvalue weighted by Gasteiger charge is 2.25. The number of amides is 1. The third-order valence-corrected chi connectivity index (χ3v) is 6.20. The van der Waals surface area contributed by atoms with Gasteiger partial charge in [-0.1, -0.05) is 22.9 Å². The number of ether oxygens (including phenoxy) is 3. The Kier molecular flexibility index (Phi) is 8.79. The van der Waals surface area contributed by atoms with Gasteiger partial charge in [-0.15, -0.1) is 11.3 Å². The summed E-state index contributed by atoms with van der Waals surface area (Å²) >= 11 is 8.39. The normalized spacial score (nSPS) is 14.6. The molecule has 0 atom stereocenters. The van der Waals surface area contributed by atoms with Crippen LogP contribution in [0.15, 0.2) is 17.5 Å². The van der Waals surface area contributed by atoms with Gasteiger partial charge in [0.05, 0.1) is 24.0 Å². The van der Waals surface area contributed by atoms with Gasteiger partial charge < -0.3 is 19.1 Å². The monoisotopic (exact) mass is 487 g/mol. The summed E-state index contributed by atoms with van der Waals surface area (Å²) in [4.78, 5) is 43.8. The third-order valence-electron chi connectivity index (χ3n) is 4.22. The number of nitrogens with zero attached hydrogens (tertiary/aromatic N) is 3. The zero-order valence-corrected chi connectivity index (χ0v) is 19.3. The van der Waals surface area contributed by atoms with Crippen LogP contribution in [0.3, 0.4) is 0 Å². The van der Waals surface area contributed by atoms with Crippen molar-refractivity contribution in [1.29, 1.82) is 0 Å². The minimum absolute atomic E-state index is 0.0630. The lowest BCUT2D eigenvalue weighted by Gasteiger charge is -2.33. The first-order chi connectivity index (χ1) is 14.9. The standard InChI is InChI=1S/C19H22ClN3O6S2/c1-2-28-19(26)14-11-30-16(21-14)7-23-6-5-22(8-17(23)25)12-27-9-13(24)10-29-18-4-3-15(20)31-18/h3-4,11H,2,5-10,12H2,1H3. The van der Waals surface area contributed by atoms with Gasteiger partial charge in [0.15, 0.2) is 16.5 Å². The molecule has 0 aromatic carbocycles. The van der Waals surface area contributed by atoms with Gasteiger partial charge in [-0.3, -0.25) is 14.5 Å². The van der Waals surface area contributed by atoms with E-state index in [1.807, 2.05) is 4.90 Å². The smallest absolute Gasteiger partial charge is 0.357 e. The van der Waals surface area contributed by atoms with Gasteiger partial charge in [0.25, 0.3) is 0 Å². The predicted molar refractivity (Wildman–Crippen MR) is 116 cm³/mol. The molecule has 3 rings (SSSR count). The summed E-state index contributed by atoms with van der Waals surface area (Å²) in [5.74, 6) is -0.722. The molecule has 1 aliphatic rings. The maximum atomic E-state index is 12.4. The Morgan fingerprint density at radius 1 is 1.26 bits per heavy atom. The quantitative estimate of drug-likeness (QED) is 0.445. The minimum atomic E-state index is -0.461. The molecule has 168 valence electrons. The Bertz CT molecular complexity index is 918. The van der Waals surface area contributed by atoms with Crippen molar-refractivity contribution in [3.63, 3.8) is 0 Å². The molecule has 0 aliphatic carbocycles. The highest BCUT2D eigenvalue weighted by Crippen LogP contribution is 2.28. The van der Waals surface area contributed by atoms with Crippen molar-refractivity contribution in [1.82, 2.24) is 14.8 Å². The molecular formula is C19H22ClN3O6S2. The Hall–Kier alpha value is -2.05. The van der Waals surface area contributed by atoms with E-state index in [2.05, 4.69) is 4.98 Å². The molecule has 1 amide bonds. The molecule has 1 aliphatic heterocycles. The van der Waals surface area contributed by atoms with E-state index < -0.39 is 5.97 Å². The second-order valence-electron chi connectivity index (χ2n) is 6.58. The van der Waals surface area contributed by atoms with Gasteiger partial charge in [0.2, 0.25) is 5.91 Å². The molecule has 12 heteroatoms. The van der Waals surface area contributed by atoms with Crippen molar-refractivity contribution in [2.75, 3.05) is 46.2 Å². The van der Waals surface area contributed by atoms with E-state index in [0.717, 1.165) is 0 Å². The first-order valence-electron chi connectivity index (χ1n) is 9.54. The molecule has 3 heterocycles. The molecule has 2 aromatic heterocycles. The molecule has 31 heavy (non-hydrogen) atoms. The van der Waals surface area contributed by atoms with Crippen molar-refractivity contribution in [2.24, 2.45) is 0 Å². The summed E-state index contributed by atoms with van der Waals surface area (Å²) in [5.41, 5.74) is 0.261. The average molecular weight is 488 g/mol. The predicted octanol–water partition coefficient (Wildman–Crippen LogP) is 2.30. The number of halogens is 1. The summed E-state index contributed by atoms with van der Waals surface area (Å²) in [6.07, 6.45) is 0. The van der Waals surface area contributed by atoms with Crippen LogP contribution in [0.25, 0.3) is 0 Å². The fourth-order valence-electron chi connectivity index (χ4n) is 2.74. The number of thiophene rings is 1. The lowest BCUT2D eigenvalue weighted by molar-refractivity contribution is -0.140. The van der Waals surface area contributed by atoms with Gasteiger partial charge >= 0.3 is 5.97 Å². The van der Waals surface area contributed by atoms with E-state index in [0.29, 0.717) is 34.0 Å². The van der Waals surface area contributed by atoms with Crippen molar-refractivity contribution < 1.29 is 28.6 Å². The second kappa shape index (κ2) is 11.5. The van der Waals surface area contributed by atoms with E-state index in [4.69, 9.17) is 25.8 Å². The van der Waals surface area contributed by atoms with Crippen LogP contribution in [0.4, 0.5) is 0 Å². The Morgan fingerprint density at radius 2 is 2.10 bits per heavy atom. The SMILES string of the molecule is CCOC(=O)c1csc(CN2CCN(COCC(=O)COc3ccc(Cl)s3)CC2=O)n1. The summed E-state index contributed by atoms with van der Waals surface area (Å²) < 4.78 is 16.3. The molecule has 0 unspecified atom stereocenters. The van der Waals surface area contributed by atoms with Crippen molar-refractivity contribution >= 4 is 51.9 Å².